The van der Waals surface area contributed by atoms with E-state index in [1.165, 1.54) is 0 Å². The van der Waals surface area contributed by atoms with Crippen LogP contribution in [0.3, 0.4) is 0 Å². The van der Waals surface area contributed by atoms with Crippen LogP contribution in [0.5, 0.6) is 0 Å². The lowest BCUT2D eigenvalue weighted by Crippen LogP contribution is -2.44. The second kappa shape index (κ2) is 7.41. The van der Waals surface area contributed by atoms with Crippen LogP contribution in [0.1, 0.15) is 25.3 Å². The fourth-order valence-electron chi connectivity index (χ4n) is 2.46. The summed E-state index contributed by atoms with van der Waals surface area (Å²) in [6.45, 7) is 3.94. The maximum Gasteiger partial charge on any atom is 0.251 e. The highest BCUT2D eigenvalue weighted by Gasteiger charge is 2.25. The van der Waals surface area contributed by atoms with Crippen LogP contribution in [0.4, 0.5) is 0 Å². The third kappa shape index (κ3) is 4.05. The van der Waals surface area contributed by atoms with E-state index in [0.717, 1.165) is 31.5 Å². The van der Waals surface area contributed by atoms with E-state index in [0.29, 0.717) is 12.5 Å². The van der Waals surface area contributed by atoms with E-state index in [2.05, 4.69) is 0 Å². The van der Waals surface area contributed by atoms with Gasteiger partial charge in [-0.3, -0.25) is 4.79 Å². The fraction of sp³-hybridized carbons (Fsp3) is 0.562. The van der Waals surface area contributed by atoms with Crippen LogP contribution in [0, 0.1) is 5.92 Å². The van der Waals surface area contributed by atoms with Crippen molar-refractivity contribution in [3.8, 4) is 0 Å². The molecule has 20 heavy (non-hydrogen) atoms. The van der Waals surface area contributed by atoms with Gasteiger partial charge in [-0.2, -0.15) is 0 Å². The topological polar surface area (TPSA) is 49.8 Å². The Morgan fingerprint density at radius 3 is 2.60 bits per heavy atom. The van der Waals surface area contributed by atoms with Gasteiger partial charge in [0, 0.05) is 19.7 Å². The Kier molecular flexibility index (Phi) is 5.56. The van der Waals surface area contributed by atoms with E-state index < -0.39 is 6.10 Å². The number of piperidine rings is 1. The third-order valence-electron chi connectivity index (χ3n) is 3.87. The Balaban J connectivity index is 1.77. The number of ether oxygens (including phenoxy) is 1. The minimum Gasteiger partial charge on any atom is -0.396 e. The summed E-state index contributed by atoms with van der Waals surface area (Å²) < 4.78 is 5.66. The summed E-state index contributed by atoms with van der Waals surface area (Å²) in [6, 6.07) is 9.87. The normalized spacial score (nSPS) is 18.0. The molecule has 0 aliphatic carbocycles. The molecule has 0 saturated carbocycles. The minimum absolute atomic E-state index is 0.0531. The molecular weight excluding hydrogens is 254 g/mol. The molecule has 0 aromatic heterocycles. The maximum atomic E-state index is 12.3. The zero-order chi connectivity index (χ0) is 14.4. The van der Waals surface area contributed by atoms with Gasteiger partial charge in [-0.25, -0.2) is 0 Å². The number of nitrogens with zero attached hydrogens (tertiary/aromatic N) is 1. The van der Waals surface area contributed by atoms with Crippen LogP contribution in [-0.2, 0) is 16.1 Å². The average molecular weight is 277 g/mol. The van der Waals surface area contributed by atoms with Gasteiger partial charge in [-0.15, -0.1) is 0 Å². The highest BCUT2D eigenvalue weighted by Crippen LogP contribution is 2.17. The molecule has 1 atom stereocenters. The average Bonchev–Trinajstić information content (AvgIpc) is 2.53. The van der Waals surface area contributed by atoms with Gasteiger partial charge in [-0.1, -0.05) is 30.3 Å². The predicted molar refractivity (Wildman–Crippen MR) is 77.1 cm³/mol. The predicted octanol–water partition coefficient (Wildman–Crippen LogP) is 1.82. The molecule has 0 radical (unpaired) electrons. The molecule has 1 heterocycles. The van der Waals surface area contributed by atoms with Crippen molar-refractivity contribution in [2.24, 2.45) is 5.92 Å². The van der Waals surface area contributed by atoms with Crippen LogP contribution in [0.15, 0.2) is 30.3 Å². The molecule has 1 aliphatic rings. The monoisotopic (exact) mass is 277 g/mol. The number of likely N-dealkylation sites (tertiary alicyclic amines) is 1. The molecule has 1 aliphatic heterocycles. The zero-order valence-electron chi connectivity index (χ0n) is 12.0. The van der Waals surface area contributed by atoms with Gasteiger partial charge in [0.1, 0.15) is 6.10 Å². The van der Waals surface area contributed by atoms with Gasteiger partial charge < -0.3 is 14.7 Å². The van der Waals surface area contributed by atoms with Crippen LogP contribution >= 0.6 is 0 Å². The summed E-state index contributed by atoms with van der Waals surface area (Å²) in [5, 5.41) is 9.11. The minimum atomic E-state index is -0.416. The highest BCUT2D eigenvalue weighted by molar-refractivity contribution is 5.80. The molecule has 1 aromatic carbocycles. The molecule has 1 N–H and O–H groups in total. The molecule has 2 rings (SSSR count). The molecule has 4 heteroatoms. The number of hydrogen-bond acceptors (Lipinski definition) is 3. The van der Waals surface area contributed by atoms with E-state index in [1.54, 1.807) is 0 Å². The van der Waals surface area contributed by atoms with E-state index in [1.807, 2.05) is 42.2 Å². The number of aliphatic hydroxyl groups excluding tert-OH is 1. The summed E-state index contributed by atoms with van der Waals surface area (Å²) in [5.41, 5.74) is 1.08. The lowest BCUT2D eigenvalue weighted by molar-refractivity contribution is -0.145. The van der Waals surface area contributed by atoms with Crippen molar-refractivity contribution in [3.05, 3.63) is 35.9 Å². The Morgan fingerprint density at radius 1 is 1.35 bits per heavy atom. The van der Waals surface area contributed by atoms with Gasteiger partial charge in [0.05, 0.1) is 6.61 Å². The summed E-state index contributed by atoms with van der Waals surface area (Å²) >= 11 is 0. The van der Waals surface area contributed by atoms with E-state index in [-0.39, 0.29) is 12.5 Å². The molecule has 1 aromatic rings. The van der Waals surface area contributed by atoms with Crippen LogP contribution in [0.2, 0.25) is 0 Å². The van der Waals surface area contributed by atoms with Crippen molar-refractivity contribution in [1.29, 1.82) is 0 Å². The number of hydrogen-bond donors (Lipinski definition) is 1. The van der Waals surface area contributed by atoms with E-state index in [4.69, 9.17) is 9.84 Å². The van der Waals surface area contributed by atoms with Crippen molar-refractivity contribution in [3.63, 3.8) is 0 Å². The van der Waals surface area contributed by atoms with E-state index >= 15 is 0 Å². The van der Waals surface area contributed by atoms with Crippen molar-refractivity contribution >= 4 is 5.91 Å². The van der Waals surface area contributed by atoms with Gasteiger partial charge in [0.2, 0.25) is 0 Å². The van der Waals surface area contributed by atoms with Crippen LogP contribution in [0.25, 0.3) is 0 Å². The number of benzene rings is 1. The Morgan fingerprint density at radius 2 is 2.00 bits per heavy atom. The molecule has 1 fully saturated rings. The maximum absolute atomic E-state index is 12.3. The fourth-order valence-corrected chi connectivity index (χ4v) is 2.46. The van der Waals surface area contributed by atoms with Crippen molar-refractivity contribution in [2.45, 2.75) is 32.5 Å². The second-order valence-electron chi connectivity index (χ2n) is 5.39. The second-order valence-corrected chi connectivity index (χ2v) is 5.39. The molecule has 4 nitrogen and oxygen atoms in total. The third-order valence-corrected chi connectivity index (χ3v) is 3.87. The van der Waals surface area contributed by atoms with Crippen molar-refractivity contribution in [1.82, 2.24) is 4.90 Å². The first-order valence-corrected chi connectivity index (χ1v) is 7.26. The standard InChI is InChI=1S/C16H23NO3/c1-13(20-12-15-5-3-2-4-6-15)16(19)17-9-7-14(11-18)8-10-17/h2-6,13-14,18H,7-12H2,1H3. The number of carbonyl (C=O) groups excluding carboxylic acids is 1. The largest absolute Gasteiger partial charge is 0.396 e. The lowest BCUT2D eigenvalue weighted by atomic mass is 9.97. The quantitative estimate of drug-likeness (QED) is 0.893. The van der Waals surface area contributed by atoms with Crippen LogP contribution < -0.4 is 0 Å². The SMILES string of the molecule is CC(OCc1ccccc1)C(=O)N1CCC(CO)CC1. The Labute approximate surface area is 120 Å². The molecule has 1 amide bonds. The molecule has 0 bridgehead atoms. The molecule has 1 unspecified atom stereocenters. The van der Waals surface area contributed by atoms with Gasteiger partial charge in [-0.05, 0) is 31.2 Å². The van der Waals surface area contributed by atoms with Crippen molar-refractivity contribution < 1.29 is 14.6 Å². The summed E-state index contributed by atoms with van der Waals surface area (Å²) in [5.74, 6) is 0.400. The smallest absolute Gasteiger partial charge is 0.251 e. The van der Waals surface area contributed by atoms with Crippen molar-refractivity contribution in [2.75, 3.05) is 19.7 Å². The summed E-state index contributed by atoms with van der Waals surface area (Å²) in [4.78, 5) is 14.1. The number of carbonyl (C=O) groups is 1. The molecule has 1 saturated heterocycles. The van der Waals surface area contributed by atoms with Gasteiger partial charge >= 0.3 is 0 Å². The summed E-state index contributed by atoms with van der Waals surface area (Å²) in [7, 11) is 0. The summed E-state index contributed by atoms with van der Waals surface area (Å²) in [6.07, 6.45) is 1.35. The van der Waals surface area contributed by atoms with Gasteiger partial charge in [0.15, 0.2) is 0 Å². The van der Waals surface area contributed by atoms with Crippen LogP contribution in [-0.4, -0.2) is 41.7 Å². The van der Waals surface area contributed by atoms with E-state index in [9.17, 15) is 4.79 Å². The zero-order valence-corrected chi connectivity index (χ0v) is 12.0. The Bertz CT molecular complexity index is 413. The number of amides is 1. The Hall–Kier alpha value is -1.39. The highest BCUT2D eigenvalue weighted by atomic mass is 16.5. The molecular formula is C16H23NO3. The molecule has 110 valence electrons. The first kappa shape index (κ1) is 15.0. The number of aliphatic hydroxyl groups is 1. The first-order valence-electron chi connectivity index (χ1n) is 7.26. The van der Waals surface area contributed by atoms with Gasteiger partial charge in [0.25, 0.3) is 5.91 Å². The first-order chi connectivity index (χ1) is 9.70. The number of rotatable bonds is 5. The molecule has 0 spiro atoms. The lowest BCUT2D eigenvalue weighted by Gasteiger charge is -2.32.